The molecular formula is C9H13N3O3. The van der Waals surface area contributed by atoms with Crippen LogP contribution in [-0.2, 0) is 11.2 Å². The lowest BCUT2D eigenvalue weighted by Gasteiger charge is -2.02. The smallest absolute Gasteiger partial charge is 0.325 e. The first-order valence-electron chi connectivity index (χ1n) is 4.57. The van der Waals surface area contributed by atoms with Crippen LogP contribution in [0.15, 0.2) is 9.59 Å². The lowest BCUT2D eigenvalue weighted by molar-refractivity contribution is -0.120. The number of rotatable bonds is 3. The highest BCUT2D eigenvalue weighted by Gasteiger charge is 2.07. The van der Waals surface area contributed by atoms with Crippen molar-refractivity contribution in [3.63, 3.8) is 0 Å². The van der Waals surface area contributed by atoms with Crippen LogP contribution in [0.4, 0.5) is 0 Å². The fourth-order valence-corrected chi connectivity index (χ4v) is 1.29. The summed E-state index contributed by atoms with van der Waals surface area (Å²) in [5.41, 5.74) is -0.00722. The van der Waals surface area contributed by atoms with Gasteiger partial charge in [0.1, 0.15) is 0 Å². The number of carbonyl (C=O) groups excluding carboxylic acids is 1. The lowest BCUT2D eigenvalue weighted by atomic mass is 10.1. The van der Waals surface area contributed by atoms with Gasteiger partial charge < -0.3 is 10.3 Å². The van der Waals surface area contributed by atoms with Crippen LogP contribution in [0.5, 0.6) is 0 Å². The Balaban J connectivity index is 2.91. The van der Waals surface area contributed by atoms with Gasteiger partial charge in [0, 0.05) is 24.7 Å². The Bertz CT molecular complexity index is 472. The molecule has 0 spiro atoms. The average Bonchev–Trinajstić information content (AvgIpc) is 2.15. The average molecular weight is 211 g/mol. The molecule has 3 N–H and O–H groups in total. The van der Waals surface area contributed by atoms with Crippen molar-refractivity contribution in [2.75, 3.05) is 7.05 Å². The van der Waals surface area contributed by atoms with Crippen LogP contribution < -0.4 is 16.6 Å². The Labute approximate surface area is 85.7 Å². The predicted octanol–water partition coefficient (Wildman–Crippen LogP) is -0.950. The summed E-state index contributed by atoms with van der Waals surface area (Å²) in [5.74, 6) is -0.139. The van der Waals surface area contributed by atoms with Gasteiger partial charge in [-0.15, -0.1) is 0 Å². The summed E-state index contributed by atoms with van der Waals surface area (Å²) in [6, 6.07) is 0. The summed E-state index contributed by atoms with van der Waals surface area (Å²) in [5, 5.41) is 2.46. The van der Waals surface area contributed by atoms with E-state index in [0.717, 1.165) is 0 Å². The van der Waals surface area contributed by atoms with Crippen molar-refractivity contribution in [1.29, 1.82) is 0 Å². The zero-order chi connectivity index (χ0) is 11.4. The third kappa shape index (κ3) is 2.80. The molecule has 1 aromatic rings. The Morgan fingerprint density at radius 3 is 2.53 bits per heavy atom. The minimum absolute atomic E-state index is 0.139. The van der Waals surface area contributed by atoms with Gasteiger partial charge >= 0.3 is 5.69 Å². The van der Waals surface area contributed by atoms with Crippen LogP contribution in [0.3, 0.4) is 0 Å². The highest BCUT2D eigenvalue weighted by atomic mass is 16.2. The van der Waals surface area contributed by atoms with Crippen LogP contribution in [0.1, 0.15) is 17.7 Å². The molecule has 1 rings (SSSR count). The molecule has 0 unspecified atom stereocenters. The van der Waals surface area contributed by atoms with E-state index >= 15 is 0 Å². The molecule has 15 heavy (non-hydrogen) atoms. The first-order chi connectivity index (χ1) is 7.04. The summed E-state index contributed by atoms with van der Waals surface area (Å²) >= 11 is 0. The van der Waals surface area contributed by atoms with E-state index in [1.54, 1.807) is 6.92 Å². The molecule has 0 saturated carbocycles. The monoisotopic (exact) mass is 211 g/mol. The van der Waals surface area contributed by atoms with E-state index in [1.165, 1.54) is 7.05 Å². The summed E-state index contributed by atoms with van der Waals surface area (Å²) in [7, 11) is 1.53. The van der Waals surface area contributed by atoms with Crippen LogP contribution in [0.25, 0.3) is 0 Å². The van der Waals surface area contributed by atoms with E-state index in [-0.39, 0.29) is 12.3 Å². The van der Waals surface area contributed by atoms with Crippen LogP contribution in [0, 0.1) is 6.92 Å². The number of H-pyrrole nitrogens is 2. The number of amides is 1. The summed E-state index contributed by atoms with van der Waals surface area (Å²) in [6.07, 6.45) is 0.546. The highest BCUT2D eigenvalue weighted by molar-refractivity contribution is 5.75. The minimum Gasteiger partial charge on any atom is -0.359 e. The predicted molar refractivity (Wildman–Crippen MR) is 54.8 cm³/mol. The van der Waals surface area contributed by atoms with Gasteiger partial charge in [-0.1, -0.05) is 0 Å². The number of hydrogen-bond donors (Lipinski definition) is 3. The van der Waals surface area contributed by atoms with E-state index < -0.39 is 11.2 Å². The van der Waals surface area contributed by atoms with Crippen molar-refractivity contribution in [1.82, 2.24) is 15.3 Å². The van der Waals surface area contributed by atoms with Crippen LogP contribution >= 0.6 is 0 Å². The van der Waals surface area contributed by atoms with Crippen molar-refractivity contribution >= 4 is 5.91 Å². The third-order valence-electron chi connectivity index (χ3n) is 2.14. The zero-order valence-electron chi connectivity index (χ0n) is 8.64. The second-order valence-electron chi connectivity index (χ2n) is 3.18. The zero-order valence-corrected chi connectivity index (χ0v) is 8.64. The Kier molecular flexibility index (Phi) is 3.43. The quantitative estimate of drug-likeness (QED) is 0.601. The molecule has 1 heterocycles. The fourth-order valence-electron chi connectivity index (χ4n) is 1.29. The molecule has 0 radical (unpaired) electrons. The fraction of sp³-hybridized carbons (Fsp3) is 0.444. The van der Waals surface area contributed by atoms with Gasteiger partial charge in [-0.3, -0.25) is 14.6 Å². The Hall–Kier alpha value is -1.85. The van der Waals surface area contributed by atoms with Crippen molar-refractivity contribution < 1.29 is 4.79 Å². The van der Waals surface area contributed by atoms with E-state index in [0.29, 0.717) is 17.7 Å². The molecule has 1 aromatic heterocycles. The molecule has 0 atom stereocenters. The molecule has 6 heteroatoms. The molecule has 0 saturated heterocycles. The largest absolute Gasteiger partial charge is 0.359 e. The first-order valence-corrected chi connectivity index (χ1v) is 4.57. The minimum atomic E-state index is -0.527. The molecule has 0 aliphatic heterocycles. The molecule has 82 valence electrons. The third-order valence-corrected chi connectivity index (χ3v) is 2.14. The Morgan fingerprint density at radius 2 is 2.00 bits per heavy atom. The van der Waals surface area contributed by atoms with Gasteiger partial charge in [0.2, 0.25) is 5.91 Å². The van der Waals surface area contributed by atoms with E-state index in [2.05, 4.69) is 15.3 Å². The first kappa shape index (κ1) is 11.2. The number of carbonyl (C=O) groups is 1. The second-order valence-corrected chi connectivity index (χ2v) is 3.18. The van der Waals surface area contributed by atoms with Crippen molar-refractivity contribution in [3.05, 3.63) is 32.1 Å². The topological polar surface area (TPSA) is 94.8 Å². The maximum Gasteiger partial charge on any atom is 0.325 e. The standard InChI is InChI=1S/C9H13N3O3/c1-5-6(3-4-7(13)10-2)8(14)12-9(15)11-5/h3-4H2,1-2H3,(H,10,13)(H2,11,12,14,15). The molecule has 0 aromatic carbocycles. The van der Waals surface area contributed by atoms with E-state index in [9.17, 15) is 14.4 Å². The number of nitrogens with one attached hydrogen (secondary N) is 3. The summed E-state index contributed by atoms with van der Waals surface area (Å²) in [6.45, 7) is 1.63. The molecular weight excluding hydrogens is 198 g/mol. The molecule has 0 aliphatic rings. The number of hydrogen-bond acceptors (Lipinski definition) is 3. The van der Waals surface area contributed by atoms with Crippen LogP contribution in [0.2, 0.25) is 0 Å². The summed E-state index contributed by atoms with van der Waals surface area (Å²) < 4.78 is 0. The molecule has 0 bridgehead atoms. The Morgan fingerprint density at radius 1 is 1.33 bits per heavy atom. The van der Waals surface area contributed by atoms with Gasteiger partial charge in [-0.2, -0.15) is 0 Å². The normalized spacial score (nSPS) is 10.0. The van der Waals surface area contributed by atoms with E-state index in [4.69, 9.17) is 0 Å². The van der Waals surface area contributed by atoms with Gasteiger partial charge in [0.15, 0.2) is 0 Å². The van der Waals surface area contributed by atoms with Gasteiger partial charge in [0.05, 0.1) is 0 Å². The summed E-state index contributed by atoms with van der Waals surface area (Å²) in [4.78, 5) is 37.8. The van der Waals surface area contributed by atoms with Crippen molar-refractivity contribution in [2.45, 2.75) is 19.8 Å². The highest BCUT2D eigenvalue weighted by Crippen LogP contribution is 1.99. The number of aromatic amines is 2. The van der Waals surface area contributed by atoms with Gasteiger partial charge in [-0.25, -0.2) is 4.79 Å². The lowest BCUT2D eigenvalue weighted by Crippen LogP contribution is -2.28. The van der Waals surface area contributed by atoms with Crippen molar-refractivity contribution in [2.24, 2.45) is 0 Å². The SMILES string of the molecule is CNC(=O)CCc1c(C)[nH]c(=O)[nH]c1=O. The molecule has 6 nitrogen and oxygen atoms in total. The maximum absolute atomic E-state index is 11.4. The molecule has 0 fully saturated rings. The van der Waals surface area contributed by atoms with Crippen molar-refractivity contribution in [3.8, 4) is 0 Å². The van der Waals surface area contributed by atoms with E-state index in [1.807, 2.05) is 0 Å². The molecule has 1 amide bonds. The maximum atomic E-state index is 11.4. The van der Waals surface area contributed by atoms with Gasteiger partial charge in [-0.05, 0) is 13.3 Å². The van der Waals surface area contributed by atoms with Crippen LogP contribution in [-0.4, -0.2) is 22.9 Å². The number of aryl methyl sites for hydroxylation is 1. The second kappa shape index (κ2) is 4.59. The van der Waals surface area contributed by atoms with Gasteiger partial charge in [0.25, 0.3) is 5.56 Å². The number of aromatic nitrogens is 2. The molecule has 0 aliphatic carbocycles.